The highest BCUT2D eigenvalue weighted by molar-refractivity contribution is 9.10. The SMILES string of the molecule is CC(C)(C)OC(=O)N(C(=O)OC(C)(C)C)c1cnc(CBr)cn1.CC(C)(C)OC(=O)N(C(=O)OC(C)(C)C)c1cnc(CCC#N)cn1.Cc1cnc(N(C(=O)OC(C)(C)C)C(=O)OC(C)(C)C)cn1.Cc1cnc(N)cn1.N#CCCc1cnc(N)c(Br)n1.N#CCCc1cnc(N)cn1. The van der Waals surface area contributed by atoms with Gasteiger partial charge in [-0.15, -0.1) is 0 Å². The highest BCUT2D eigenvalue weighted by atomic mass is 79.9. The summed E-state index contributed by atoms with van der Waals surface area (Å²) in [6, 6.07) is 6.08. The van der Waals surface area contributed by atoms with E-state index in [1.165, 1.54) is 49.6 Å². The zero-order valence-corrected chi connectivity index (χ0v) is 63.9. The molecule has 0 aliphatic carbocycles. The molecular weight excluding hydrogens is 1440 g/mol. The number of nitrogens with zero attached hydrogens (tertiary/aromatic N) is 18. The zero-order chi connectivity index (χ0) is 77.3. The van der Waals surface area contributed by atoms with Crippen LogP contribution in [0.15, 0.2) is 72.8 Å². The van der Waals surface area contributed by atoms with Crippen LogP contribution in [-0.4, -0.2) is 130 Å². The molecule has 6 N–H and O–H groups in total. The Labute approximate surface area is 606 Å². The van der Waals surface area contributed by atoms with E-state index in [-0.39, 0.29) is 17.5 Å². The molecule has 0 fully saturated rings. The number of halogens is 2. The van der Waals surface area contributed by atoms with Crippen molar-refractivity contribution < 1.29 is 57.2 Å². The molecule has 0 bridgehead atoms. The van der Waals surface area contributed by atoms with Crippen molar-refractivity contribution in [2.75, 3.05) is 31.9 Å². The van der Waals surface area contributed by atoms with Crippen LogP contribution in [0, 0.1) is 47.8 Å². The molecule has 6 heterocycles. The topological polar surface area (TPSA) is 472 Å². The van der Waals surface area contributed by atoms with Crippen molar-refractivity contribution in [2.24, 2.45) is 0 Å². The van der Waals surface area contributed by atoms with Gasteiger partial charge in [-0.25, -0.2) is 63.7 Å². The molecule has 6 amide bonds. The second-order valence-corrected chi connectivity index (χ2v) is 28.1. The number of carbonyl (C=O) groups is 6. The van der Waals surface area contributed by atoms with Crippen LogP contribution in [0.3, 0.4) is 0 Å². The molecule has 0 saturated carbocycles. The quantitative estimate of drug-likeness (QED) is 0.0847. The molecule has 0 atom stereocenters. The van der Waals surface area contributed by atoms with Crippen LogP contribution in [0.2, 0.25) is 0 Å². The molecule has 6 aromatic rings. The van der Waals surface area contributed by atoms with Gasteiger partial charge in [0.2, 0.25) is 0 Å². The largest absolute Gasteiger partial charge is 0.443 e. The van der Waals surface area contributed by atoms with Crippen molar-refractivity contribution in [3.63, 3.8) is 0 Å². The maximum absolute atomic E-state index is 12.4. The van der Waals surface area contributed by atoms with Crippen LogP contribution >= 0.6 is 31.9 Å². The third-order valence-corrected chi connectivity index (χ3v) is 11.4. The molecule has 6 rings (SSSR count). The minimum absolute atomic E-state index is 0.00999. The van der Waals surface area contributed by atoms with Gasteiger partial charge in [0.1, 0.15) is 49.8 Å². The first-order chi connectivity index (χ1) is 46.6. The molecule has 33 nitrogen and oxygen atoms in total. The third-order valence-electron chi connectivity index (χ3n) is 10.2. The van der Waals surface area contributed by atoms with Gasteiger partial charge >= 0.3 is 36.6 Å². The molecule has 0 aromatic carbocycles. The number of ether oxygens (including phenoxy) is 6. The number of imide groups is 3. The predicted octanol–water partition coefficient (Wildman–Crippen LogP) is 13.3. The lowest BCUT2D eigenvalue weighted by molar-refractivity contribution is 0.0406. The molecule has 6 aromatic heterocycles. The van der Waals surface area contributed by atoms with Gasteiger partial charge in [0.15, 0.2) is 23.3 Å². The van der Waals surface area contributed by atoms with Crippen molar-refractivity contribution in [3.05, 3.63) is 107 Å². The van der Waals surface area contributed by atoms with E-state index in [1.807, 2.05) is 25.1 Å². The van der Waals surface area contributed by atoms with Gasteiger partial charge in [-0.05, 0) is 154 Å². The number of carbonyl (C=O) groups excluding carboxylic acids is 6. The average molecular weight is 1530 g/mol. The molecule has 0 saturated heterocycles. The summed E-state index contributed by atoms with van der Waals surface area (Å²) in [4.78, 5) is 124. The molecule has 101 heavy (non-hydrogen) atoms. The maximum atomic E-state index is 12.4. The Morgan fingerprint density at radius 3 is 0.871 bits per heavy atom. The average Bonchev–Trinajstić information content (AvgIpc) is 0.836. The van der Waals surface area contributed by atoms with Crippen molar-refractivity contribution in [2.45, 2.75) is 216 Å². The molecular formula is C66H91Br2N21O12. The van der Waals surface area contributed by atoms with Gasteiger partial charge in [0, 0.05) is 43.9 Å². The van der Waals surface area contributed by atoms with E-state index in [0.717, 1.165) is 26.9 Å². The van der Waals surface area contributed by atoms with Crippen LogP contribution in [0.4, 0.5) is 63.7 Å². The first kappa shape index (κ1) is 88.5. The summed E-state index contributed by atoms with van der Waals surface area (Å²) >= 11 is 6.41. The molecule has 0 radical (unpaired) electrons. The second kappa shape index (κ2) is 41.2. The number of nitriles is 3. The normalized spacial score (nSPS) is 10.9. The Bertz CT molecular complexity index is 3640. The van der Waals surface area contributed by atoms with Crippen LogP contribution < -0.4 is 31.9 Å². The van der Waals surface area contributed by atoms with E-state index in [4.69, 9.17) is 61.4 Å². The molecule has 0 unspecified atom stereocenters. The monoisotopic (exact) mass is 1530 g/mol. The van der Waals surface area contributed by atoms with Gasteiger partial charge < -0.3 is 45.6 Å². The summed E-state index contributed by atoms with van der Waals surface area (Å²) in [5, 5.41) is 25.7. The third kappa shape index (κ3) is 39.1. The summed E-state index contributed by atoms with van der Waals surface area (Å²) in [7, 11) is 0. The Morgan fingerprint density at radius 2 is 0.634 bits per heavy atom. The number of hydrogen-bond donors (Lipinski definition) is 3. The fraction of sp³-hybridized carbons (Fsp3) is 0.500. The van der Waals surface area contributed by atoms with Crippen molar-refractivity contribution in [1.82, 2.24) is 59.8 Å². The summed E-state index contributed by atoms with van der Waals surface area (Å²) in [5.74, 6) is 1.33. The van der Waals surface area contributed by atoms with Gasteiger partial charge in [-0.2, -0.15) is 30.5 Å². The number of aromatic nitrogens is 12. The lowest BCUT2D eigenvalue weighted by atomic mass is 10.2. The van der Waals surface area contributed by atoms with E-state index in [9.17, 15) is 28.8 Å². The van der Waals surface area contributed by atoms with Gasteiger partial charge in [0.05, 0.1) is 121 Å². The van der Waals surface area contributed by atoms with Crippen LogP contribution in [-0.2, 0) is 53.0 Å². The fourth-order valence-corrected chi connectivity index (χ4v) is 6.85. The number of alkyl halides is 1. The van der Waals surface area contributed by atoms with E-state index >= 15 is 0 Å². The number of hydrogen-bond acceptors (Lipinski definition) is 30. The van der Waals surface area contributed by atoms with Crippen LogP contribution in [0.1, 0.15) is 178 Å². The number of nitrogen functional groups attached to an aromatic ring is 3. The van der Waals surface area contributed by atoms with E-state index < -0.39 is 70.2 Å². The minimum atomic E-state index is -0.902. The van der Waals surface area contributed by atoms with Crippen molar-refractivity contribution in [3.8, 4) is 18.2 Å². The molecule has 35 heteroatoms. The van der Waals surface area contributed by atoms with Crippen LogP contribution in [0.25, 0.3) is 0 Å². The predicted molar refractivity (Wildman–Crippen MR) is 382 cm³/mol. The minimum Gasteiger partial charge on any atom is -0.443 e. The van der Waals surface area contributed by atoms with E-state index in [0.29, 0.717) is 87.9 Å². The number of amides is 6. The van der Waals surface area contributed by atoms with Gasteiger partial charge in [0.25, 0.3) is 0 Å². The second-order valence-electron chi connectivity index (χ2n) is 26.8. The first-order valence-corrected chi connectivity index (χ1v) is 32.7. The Hall–Kier alpha value is -10.5. The van der Waals surface area contributed by atoms with Crippen molar-refractivity contribution in [1.29, 1.82) is 15.8 Å². The highest BCUT2D eigenvalue weighted by Crippen LogP contribution is 2.24. The number of rotatable bonds is 10. The highest BCUT2D eigenvalue weighted by Gasteiger charge is 2.37. The van der Waals surface area contributed by atoms with Crippen LogP contribution in [0.5, 0.6) is 0 Å². The van der Waals surface area contributed by atoms with Gasteiger partial charge in [-0.1, -0.05) is 15.9 Å². The number of aryl methyl sites for hydroxylation is 5. The molecule has 0 spiro atoms. The summed E-state index contributed by atoms with van der Waals surface area (Å²) in [5.41, 5.74) is 15.8. The molecule has 0 aliphatic heterocycles. The fourth-order valence-electron chi connectivity index (χ4n) is 6.23. The number of nitrogens with two attached hydrogens (primary N) is 3. The Morgan fingerprint density at radius 1 is 0.376 bits per heavy atom. The Balaban J connectivity index is 0.000000629. The zero-order valence-electron chi connectivity index (χ0n) is 60.7. The lowest BCUT2D eigenvalue weighted by Gasteiger charge is -2.27. The summed E-state index contributed by atoms with van der Waals surface area (Å²) < 4.78 is 32.0. The summed E-state index contributed by atoms with van der Waals surface area (Å²) in [6.45, 7) is 34.2. The molecule has 546 valence electrons. The lowest BCUT2D eigenvalue weighted by Crippen LogP contribution is -2.44. The van der Waals surface area contributed by atoms with E-state index in [1.54, 1.807) is 150 Å². The maximum Gasteiger partial charge on any atom is 0.425 e. The smallest absolute Gasteiger partial charge is 0.425 e. The van der Waals surface area contributed by atoms with Gasteiger partial charge in [-0.3, -0.25) is 24.9 Å². The van der Waals surface area contributed by atoms with E-state index in [2.05, 4.69) is 91.7 Å². The van der Waals surface area contributed by atoms with Crippen molar-refractivity contribution >= 4 is 103 Å². The standard InChI is InChI=1S/C17H24N4O4.C15H22BrN3O4.C15H23N3O4.C7H7BrN4.C7H8N4.C5H7N3/c1-16(2,3)24-14(22)21(15(23)25-17(4,5)6)13-11-19-12(10-20-13)8-7-9-18;1-14(2,3)22-12(20)19(13(21)23-15(4,5)6)11-9-17-10(7-16)8-18-11;1-10-8-17-11(9-16-10)18(12(19)21-14(2,3)4)13(20)22-15(5,6)7;8-6-7(10)11-4-5(12-6)2-1-3-9;8-3-1-2-6-4-11-7(9)5-10-6;1-4-2-8-5(6)3-7-4/h10-11H,7-8H2,1-6H3;8-9H,7H2,1-6H3;8-9H,1-7H3;4H,1-2H2,(H2,10,11);4-5H,1-2H2,(H2,9,11);2-3H,1H3,(H2,6,8). The first-order valence-electron chi connectivity index (χ1n) is 30.8. The summed E-state index contributed by atoms with van der Waals surface area (Å²) in [6.07, 6.45) is 13.7. The molecule has 0 aliphatic rings. The number of anilines is 6. The Kier molecular flexibility index (Phi) is 36.1.